The van der Waals surface area contributed by atoms with Crippen LogP contribution in [0.1, 0.15) is 67.2 Å². The van der Waals surface area contributed by atoms with Crippen LogP contribution in [0.5, 0.6) is 34.5 Å². The van der Waals surface area contributed by atoms with Crippen LogP contribution in [-0.4, -0.2) is 80.5 Å². The molecule has 6 rings (SSSR count). The fraction of sp³-hybridized carbons (Fsp3) is 0.457. The Morgan fingerprint density at radius 3 is 1.53 bits per heavy atom. The summed E-state index contributed by atoms with van der Waals surface area (Å²) in [5, 5.41) is 4.79. The molecule has 0 spiro atoms. The highest BCUT2D eigenvalue weighted by Crippen LogP contribution is 2.32. The summed E-state index contributed by atoms with van der Waals surface area (Å²) in [6, 6.07) is 23.4. The van der Waals surface area contributed by atoms with Crippen molar-refractivity contribution in [3.8, 4) is 34.5 Å². The van der Waals surface area contributed by atoms with Crippen molar-refractivity contribution < 1.29 is 42.0 Å². The van der Waals surface area contributed by atoms with E-state index < -0.39 is 5.82 Å². The highest BCUT2D eigenvalue weighted by atomic mass is 35.5. The second kappa shape index (κ2) is 25.1. The summed E-state index contributed by atoms with van der Waals surface area (Å²) in [7, 11) is 0. The number of carbonyl (C=O) groups is 1. The van der Waals surface area contributed by atoms with E-state index in [0.717, 1.165) is 74.9 Å². The lowest BCUT2D eigenvalue weighted by molar-refractivity contribution is -0.109. The number of hydrogen-bond donors (Lipinski definition) is 1. The van der Waals surface area contributed by atoms with Crippen molar-refractivity contribution in [1.29, 1.82) is 0 Å². The summed E-state index contributed by atoms with van der Waals surface area (Å²) < 4.78 is 60.6. The van der Waals surface area contributed by atoms with Gasteiger partial charge in [0.15, 0.2) is 29.3 Å². The number of hydrogen-bond acceptors (Lipinski definition) is 9. The maximum absolute atomic E-state index is 13.6. The third kappa shape index (κ3) is 17.9. The number of ether oxygens (including phenoxy) is 6. The van der Waals surface area contributed by atoms with Crippen LogP contribution >= 0.6 is 35.6 Å². The third-order valence-corrected chi connectivity index (χ3v) is 9.94. The van der Waals surface area contributed by atoms with E-state index in [-0.39, 0.29) is 54.0 Å². The molecule has 2 aliphatic heterocycles. The zero-order valence-electron chi connectivity index (χ0n) is 35.3. The molecule has 0 bridgehead atoms. The van der Waals surface area contributed by atoms with Crippen molar-refractivity contribution in [2.45, 2.75) is 90.6 Å². The molecule has 14 heteroatoms. The lowest BCUT2D eigenvalue weighted by Crippen LogP contribution is -2.47. The Bertz CT molecular complexity index is 1860. The Morgan fingerprint density at radius 1 is 0.667 bits per heavy atom. The second-order valence-corrected chi connectivity index (χ2v) is 16.3. The van der Waals surface area contributed by atoms with Crippen molar-refractivity contribution >= 4 is 41.9 Å². The number of halogens is 5. The van der Waals surface area contributed by atoms with E-state index in [9.17, 15) is 13.6 Å². The van der Waals surface area contributed by atoms with Gasteiger partial charge >= 0.3 is 0 Å². The smallest absolute Gasteiger partial charge is 0.164 e. The van der Waals surface area contributed by atoms with Gasteiger partial charge in [0.05, 0.1) is 12.2 Å². The largest absolute Gasteiger partial charge is 0.488 e. The molecule has 0 saturated carbocycles. The monoisotopic (exact) mass is 894 g/mol. The van der Waals surface area contributed by atoms with Crippen LogP contribution in [0.4, 0.5) is 8.78 Å². The standard InChI is InChI=1S/C23H29ClFNO3.C12H16ClNO.C11H13FO3.ClH/c1-17(2)28-21-9-6-19(25)16-22(21)27-15-14-26-12-10-23(3,11-13-26)29-20-7-4-18(24)5-8-20;1-12(6-8-14-9-7-12)15-11-4-2-10(13)3-5-11;1-8(2)15-10-4-3-9(12)7-11(10)14-6-5-13;/h4-9,16-17H,10-15H2,1-3H3;2-5,14H,6-9H2,1H3;3-5,7-8H,6H2,1-2H3;1H. The molecule has 4 aromatic carbocycles. The summed E-state index contributed by atoms with van der Waals surface area (Å²) >= 11 is 11.8. The molecular formula is C46H59Cl3F2N2O7. The number of rotatable bonds is 15. The highest BCUT2D eigenvalue weighted by molar-refractivity contribution is 6.30. The van der Waals surface area contributed by atoms with E-state index in [1.165, 1.54) is 30.3 Å². The molecule has 0 aliphatic carbocycles. The number of nitrogens with zero attached hydrogens (tertiary/aromatic N) is 1. The molecule has 9 nitrogen and oxygen atoms in total. The average Bonchev–Trinajstić information content (AvgIpc) is 3.19. The van der Waals surface area contributed by atoms with Crippen molar-refractivity contribution in [2.75, 3.05) is 45.9 Å². The van der Waals surface area contributed by atoms with E-state index in [4.69, 9.17) is 51.6 Å². The number of likely N-dealkylation sites (tertiary alicyclic amines) is 1. The summed E-state index contributed by atoms with van der Waals surface area (Å²) in [6.45, 7) is 16.9. The van der Waals surface area contributed by atoms with Crippen molar-refractivity contribution in [2.24, 2.45) is 0 Å². The van der Waals surface area contributed by atoms with Gasteiger partial charge in [-0.15, -0.1) is 12.4 Å². The predicted octanol–water partition coefficient (Wildman–Crippen LogP) is 11.1. The number of piperidine rings is 2. The van der Waals surface area contributed by atoms with Crippen molar-refractivity contribution in [3.63, 3.8) is 0 Å². The summed E-state index contributed by atoms with van der Waals surface area (Å²) in [5.74, 6) is 2.71. The maximum Gasteiger partial charge on any atom is 0.164 e. The number of benzene rings is 4. The Balaban J connectivity index is 0.000000262. The first-order valence-corrected chi connectivity index (χ1v) is 20.8. The first-order valence-electron chi connectivity index (χ1n) is 20.1. The Kier molecular flexibility index (Phi) is 21.0. The fourth-order valence-corrected chi connectivity index (χ4v) is 6.54. The molecule has 0 aromatic heterocycles. The third-order valence-electron chi connectivity index (χ3n) is 9.44. The van der Waals surface area contributed by atoms with Gasteiger partial charge in [-0.3, -0.25) is 9.69 Å². The Morgan fingerprint density at radius 2 is 1.10 bits per heavy atom. The molecular weight excluding hydrogens is 837 g/mol. The molecule has 0 amide bonds. The minimum atomic E-state index is -0.424. The first-order chi connectivity index (χ1) is 28.1. The zero-order valence-corrected chi connectivity index (χ0v) is 37.6. The van der Waals surface area contributed by atoms with Gasteiger partial charge < -0.3 is 33.7 Å². The predicted molar refractivity (Wildman–Crippen MR) is 237 cm³/mol. The molecule has 60 heavy (non-hydrogen) atoms. The molecule has 0 atom stereocenters. The van der Waals surface area contributed by atoms with E-state index in [0.29, 0.717) is 35.2 Å². The minimum absolute atomic E-state index is 0. The minimum Gasteiger partial charge on any atom is -0.488 e. The van der Waals surface area contributed by atoms with E-state index in [1.54, 1.807) is 6.07 Å². The van der Waals surface area contributed by atoms with Crippen LogP contribution in [0.25, 0.3) is 0 Å². The first kappa shape index (κ1) is 50.4. The van der Waals surface area contributed by atoms with Crippen LogP contribution in [-0.2, 0) is 4.79 Å². The molecule has 330 valence electrons. The topological polar surface area (TPSA) is 87.7 Å². The molecule has 0 unspecified atom stereocenters. The van der Waals surface area contributed by atoms with Gasteiger partial charge in [-0.05, 0) is 153 Å². The molecule has 0 radical (unpaired) electrons. The van der Waals surface area contributed by atoms with Crippen molar-refractivity contribution in [1.82, 2.24) is 10.2 Å². The van der Waals surface area contributed by atoms with E-state index >= 15 is 0 Å². The summed E-state index contributed by atoms with van der Waals surface area (Å²) in [4.78, 5) is 12.5. The quantitative estimate of drug-likeness (QED) is 0.117. The van der Waals surface area contributed by atoms with E-state index in [2.05, 4.69) is 24.1 Å². The fourth-order valence-electron chi connectivity index (χ4n) is 6.28. The number of nitrogens with one attached hydrogen (secondary N) is 1. The highest BCUT2D eigenvalue weighted by Gasteiger charge is 2.32. The van der Waals surface area contributed by atoms with Crippen LogP contribution in [0.3, 0.4) is 0 Å². The molecule has 2 aliphatic rings. The second-order valence-electron chi connectivity index (χ2n) is 15.4. The Labute approximate surface area is 370 Å². The normalized spacial score (nSPS) is 15.5. The van der Waals surface area contributed by atoms with Crippen LogP contribution < -0.4 is 33.7 Å². The zero-order chi connectivity index (χ0) is 42.8. The molecule has 2 saturated heterocycles. The van der Waals surface area contributed by atoms with Gasteiger partial charge in [-0.2, -0.15) is 0 Å². The van der Waals surface area contributed by atoms with Crippen LogP contribution in [0.15, 0.2) is 84.9 Å². The van der Waals surface area contributed by atoms with Gasteiger partial charge in [-0.1, -0.05) is 23.2 Å². The molecule has 1 N–H and O–H groups in total. The molecule has 4 aromatic rings. The van der Waals surface area contributed by atoms with Gasteiger partial charge in [0.25, 0.3) is 0 Å². The SMILES string of the molecule is CC(C)Oc1ccc(F)cc1OCC=O.CC(C)Oc1ccc(F)cc1OCCN1CCC(C)(Oc2ccc(Cl)cc2)CC1.CC1(Oc2ccc(Cl)cc2)CCNCC1.Cl. The van der Waals surface area contributed by atoms with Gasteiger partial charge in [0.2, 0.25) is 0 Å². The molecule has 2 fully saturated rings. The maximum atomic E-state index is 13.6. The Hall–Kier alpha value is -4.00. The van der Waals surface area contributed by atoms with Gasteiger partial charge in [-0.25, -0.2) is 8.78 Å². The van der Waals surface area contributed by atoms with Crippen LogP contribution in [0.2, 0.25) is 10.0 Å². The van der Waals surface area contributed by atoms with Gasteiger partial charge in [0, 0.05) is 41.8 Å². The average molecular weight is 896 g/mol. The van der Waals surface area contributed by atoms with Crippen LogP contribution in [0, 0.1) is 11.6 Å². The van der Waals surface area contributed by atoms with Gasteiger partial charge in [0.1, 0.15) is 47.5 Å². The molecule has 2 heterocycles. The summed E-state index contributed by atoms with van der Waals surface area (Å²) in [6.07, 6.45) is 4.53. The summed E-state index contributed by atoms with van der Waals surface area (Å²) in [5.41, 5.74) is -0.217. The number of aldehydes is 1. The number of carbonyl (C=O) groups excluding carboxylic acids is 1. The lowest BCUT2D eigenvalue weighted by atomic mass is 9.93. The lowest BCUT2D eigenvalue weighted by Gasteiger charge is -2.39. The van der Waals surface area contributed by atoms with Crippen molar-refractivity contribution in [3.05, 3.63) is 107 Å². The van der Waals surface area contributed by atoms with E-state index in [1.807, 2.05) is 76.2 Å².